The second kappa shape index (κ2) is 12.8. The van der Waals surface area contributed by atoms with Crippen molar-refractivity contribution in [3.63, 3.8) is 0 Å². The molecule has 11 heteroatoms. The van der Waals surface area contributed by atoms with E-state index in [1.807, 2.05) is 13.8 Å². The third-order valence-corrected chi connectivity index (χ3v) is 6.62. The number of carbonyl (C=O) groups is 2. The second-order valence-corrected chi connectivity index (χ2v) is 10.2. The first-order valence-corrected chi connectivity index (χ1v) is 13.7. The van der Waals surface area contributed by atoms with Gasteiger partial charge in [-0.2, -0.15) is 13.2 Å². The number of rotatable bonds is 10. The second-order valence-electron chi connectivity index (χ2n) is 9.82. The van der Waals surface area contributed by atoms with Gasteiger partial charge in [0.15, 0.2) is 0 Å². The Morgan fingerprint density at radius 2 is 1.55 bits per heavy atom. The molecule has 1 unspecified atom stereocenters. The molecule has 0 aliphatic carbocycles. The highest BCUT2D eigenvalue weighted by Gasteiger charge is 2.30. The molecule has 4 rings (SSSR count). The van der Waals surface area contributed by atoms with Gasteiger partial charge in [0.2, 0.25) is 0 Å². The number of benzene rings is 3. The number of aromatic nitrogens is 1. The van der Waals surface area contributed by atoms with E-state index in [0.717, 1.165) is 12.1 Å². The fourth-order valence-corrected chi connectivity index (χ4v) is 4.58. The summed E-state index contributed by atoms with van der Waals surface area (Å²) in [4.78, 5) is 25.6. The number of nitrogens with one attached hydrogen (secondary N) is 1. The van der Waals surface area contributed by atoms with Crippen LogP contribution in [0.25, 0.3) is 16.6 Å². The monoisotopic (exact) mass is 602 g/mol. The molecule has 0 radical (unpaired) electrons. The fourth-order valence-electron chi connectivity index (χ4n) is 4.26. The Bertz CT molecular complexity index is 1560. The normalized spacial score (nSPS) is 12.3. The van der Waals surface area contributed by atoms with Crippen LogP contribution in [-0.4, -0.2) is 35.7 Å². The summed E-state index contributed by atoms with van der Waals surface area (Å²) in [6.45, 7) is 7.43. The molecule has 222 valence electrons. The fraction of sp³-hybridized carbons (Fsp3) is 0.290. The van der Waals surface area contributed by atoms with Gasteiger partial charge >= 0.3 is 12.1 Å². The number of hydrogen-bond donors (Lipinski definition) is 1. The smallest absolute Gasteiger partial charge is 0.416 e. The zero-order chi connectivity index (χ0) is 30.6. The average Bonchev–Trinajstić information content (AvgIpc) is 3.23. The first-order valence-electron chi connectivity index (χ1n) is 13.3. The van der Waals surface area contributed by atoms with Crippen LogP contribution in [0.5, 0.6) is 17.2 Å². The molecular weight excluding hydrogens is 573 g/mol. The van der Waals surface area contributed by atoms with E-state index in [1.165, 1.54) is 12.1 Å². The maximum absolute atomic E-state index is 13.5. The molecule has 1 aromatic heterocycles. The van der Waals surface area contributed by atoms with Crippen molar-refractivity contribution in [2.24, 2.45) is 5.92 Å². The molecule has 0 aliphatic rings. The number of halogens is 4. The van der Waals surface area contributed by atoms with E-state index in [4.69, 9.17) is 25.8 Å². The molecule has 0 fully saturated rings. The molecule has 4 aromatic rings. The zero-order valence-electron chi connectivity index (χ0n) is 23.4. The number of fused-ring (bicyclic) bond motifs is 1. The first-order chi connectivity index (χ1) is 19.9. The van der Waals surface area contributed by atoms with E-state index in [1.54, 1.807) is 60.9 Å². The van der Waals surface area contributed by atoms with Crippen LogP contribution in [0.15, 0.2) is 66.7 Å². The Kier molecular flexibility index (Phi) is 9.36. The lowest BCUT2D eigenvalue weighted by Gasteiger charge is -2.15. The number of alkyl halides is 3. The van der Waals surface area contributed by atoms with Gasteiger partial charge in [-0.3, -0.25) is 9.59 Å². The molecule has 0 aliphatic heterocycles. The quantitative estimate of drug-likeness (QED) is 0.187. The maximum Gasteiger partial charge on any atom is 0.416 e. The van der Waals surface area contributed by atoms with Crippen LogP contribution < -0.4 is 14.8 Å². The van der Waals surface area contributed by atoms with Gasteiger partial charge in [-0.25, -0.2) is 0 Å². The van der Waals surface area contributed by atoms with Crippen molar-refractivity contribution in [3.05, 3.63) is 83.0 Å². The van der Waals surface area contributed by atoms with Crippen LogP contribution in [-0.2, 0) is 15.7 Å². The summed E-state index contributed by atoms with van der Waals surface area (Å²) in [5.41, 5.74) is 0.555. The molecule has 0 saturated heterocycles. The van der Waals surface area contributed by atoms with Gasteiger partial charge in [0, 0.05) is 17.6 Å². The molecule has 42 heavy (non-hydrogen) atoms. The maximum atomic E-state index is 13.5. The molecule has 1 amide bonds. The van der Waals surface area contributed by atoms with Crippen molar-refractivity contribution in [2.75, 3.05) is 13.2 Å². The van der Waals surface area contributed by atoms with Crippen LogP contribution >= 0.6 is 11.6 Å². The van der Waals surface area contributed by atoms with Gasteiger partial charge in [-0.1, -0.05) is 18.5 Å². The van der Waals surface area contributed by atoms with E-state index in [0.29, 0.717) is 28.1 Å². The SMILES string of the molecule is CCOC(=O)C(C)CNC(=O)c1c(Cl)c2cc(Oc3ccc(C(F)(F)F)cc3)ccc2n1-c1ccc(OC(C)C)cc1. The van der Waals surface area contributed by atoms with E-state index in [9.17, 15) is 22.8 Å². The predicted octanol–water partition coefficient (Wildman–Crippen LogP) is 7.81. The number of hydrogen-bond acceptors (Lipinski definition) is 5. The average molecular weight is 603 g/mol. The van der Waals surface area contributed by atoms with Gasteiger partial charge in [-0.15, -0.1) is 0 Å². The highest BCUT2D eigenvalue weighted by molar-refractivity contribution is 6.39. The summed E-state index contributed by atoms with van der Waals surface area (Å²) >= 11 is 6.80. The molecule has 1 heterocycles. The Hall–Kier alpha value is -4.18. The number of nitrogens with zero attached hydrogens (tertiary/aromatic N) is 1. The minimum Gasteiger partial charge on any atom is -0.491 e. The van der Waals surface area contributed by atoms with Crippen LogP contribution in [0.1, 0.15) is 43.7 Å². The van der Waals surface area contributed by atoms with Crippen LogP contribution in [0, 0.1) is 5.92 Å². The van der Waals surface area contributed by atoms with Crippen molar-refractivity contribution in [1.82, 2.24) is 9.88 Å². The Morgan fingerprint density at radius 1 is 0.929 bits per heavy atom. The first kappa shape index (κ1) is 30.8. The lowest BCUT2D eigenvalue weighted by molar-refractivity contribution is -0.147. The van der Waals surface area contributed by atoms with Crippen molar-refractivity contribution in [2.45, 2.75) is 40.0 Å². The lowest BCUT2D eigenvalue weighted by Crippen LogP contribution is -2.33. The molecule has 0 saturated carbocycles. The van der Waals surface area contributed by atoms with Gasteiger partial charge < -0.3 is 24.1 Å². The van der Waals surface area contributed by atoms with Gasteiger partial charge in [-0.05, 0) is 87.5 Å². The zero-order valence-corrected chi connectivity index (χ0v) is 24.2. The molecule has 0 bridgehead atoms. The minimum atomic E-state index is -4.46. The Balaban J connectivity index is 1.72. The highest BCUT2D eigenvalue weighted by atomic mass is 35.5. The van der Waals surface area contributed by atoms with Crippen molar-refractivity contribution in [3.8, 4) is 22.9 Å². The van der Waals surface area contributed by atoms with Crippen molar-refractivity contribution < 1.29 is 37.0 Å². The number of carbonyl (C=O) groups excluding carboxylic acids is 2. The molecule has 3 aromatic carbocycles. The van der Waals surface area contributed by atoms with Crippen LogP contribution in [0.2, 0.25) is 5.02 Å². The largest absolute Gasteiger partial charge is 0.491 e. The van der Waals surface area contributed by atoms with E-state index in [-0.39, 0.29) is 35.7 Å². The van der Waals surface area contributed by atoms with Gasteiger partial charge in [0.05, 0.1) is 34.7 Å². The van der Waals surface area contributed by atoms with Gasteiger partial charge in [0.1, 0.15) is 22.9 Å². The third-order valence-electron chi connectivity index (χ3n) is 6.23. The van der Waals surface area contributed by atoms with Crippen molar-refractivity contribution in [1.29, 1.82) is 0 Å². The summed E-state index contributed by atoms with van der Waals surface area (Å²) in [5, 5.41) is 3.38. The summed E-state index contributed by atoms with van der Waals surface area (Å²) in [6, 6.07) is 16.4. The van der Waals surface area contributed by atoms with E-state index in [2.05, 4.69) is 5.32 Å². The number of amides is 1. The molecule has 0 spiro atoms. The minimum absolute atomic E-state index is 0.0245. The Labute approximate surface area is 246 Å². The number of esters is 1. The number of ether oxygens (including phenoxy) is 3. The molecular formula is C31H30ClF3N2O5. The Morgan fingerprint density at radius 3 is 2.14 bits per heavy atom. The summed E-state index contributed by atoms with van der Waals surface area (Å²) in [5.74, 6) is -0.371. The summed E-state index contributed by atoms with van der Waals surface area (Å²) in [6.07, 6.45) is -4.48. The summed E-state index contributed by atoms with van der Waals surface area (Å²) < 4.78 is 57.1. The van der Waals surface area contributed by atoms with Gasteiger partial charge in [0.25, 0.3) is 5.91 Å². The predicted molar refractivity (Wildman–Crippen MR) is 154 cm³/mol. The van der Waals surface area contributed by atoms with E-state index >= 15 is 0 Å². The molecule has 7 nitrogen and oxygen atoms in total. The lowest BCUT2D eigenvalue weighted by atomic mass is 10.2. The van der Waals surface area contributed by atoms with Crippen LogP contribution in [0.4, 0.5) is 13.2 Å². The highest BCUT2D eigenvalue weighted by Crippen LogP contribution is 2.38. The molecule has 1 N–H and O–H groups in total. The van der Waals surface area contributed by atoms with E-state index < -0.39 is 29.5 Å². The third kappa shape index (κ3) is 6.99. The van der Waals surface area contributed by atoms with Crippen molar-refractivity contribution >= 4 is 34.4 Å². The molecule has 1 atom stereocenters. The topological polar surface area (TPSA) is 78.8 Å². The standard InChI is InChI=1S/C31H30ClF3N2O5/c1-5-40-30(39)19(4)17-36-29(38)28-27(32)25-16-24(42-23-10-6-20(7-11-23)31(33,34)35)14-15-26(25)37(28)21-8-12-22(13-9-21)41-18(2)3/h6-16,18-19H,5,17H2,1-4H3,(H,36,38). The van der Waals surface area contributed by atoms with Crippen LogP contribution in [0.3, 0.4) is 0 Å². The summed E-state index contributed by atoms with van der Waals surface area (Å²) in [7, 11) is 0.